The van der Waals surface area contributed by atoms with E-state index in [-0.39, 0.29) is 11.7 Å². The highest BCUT2D eigenvalue weighted by Gasteiger charge is 2.16. The van der Waals surface area contributed by atoms with Crippen LogP contribution in [0.25, 0.3) is 0 Å². The Labute approximate surface area is 143 Å². The average molecular weight is 346 g/mol. The highest BCUT2D eigenvalue weighted by atomic mass is 32.2. The number of nitrogens with zero attached hydrogens (tertiary/aromatic N) is 1. The lowest BCUT2D eigenvalue weighted by Crippen LogP contribution is -2.28. The Balaban J connectivity index is 2.17. The number of benzene rings is 2. The van der Waals surface area contributed by atoms with Gasteiger partial charge in [-0.15, -0.1) is 0 Å². The van der Waals surface area contributed by atoms with Gasteiger partial charge < -0.3 is 5.32 Å². The first-order chi connectivity index (χ1) is 11.2. The minimum Gasteiger partial charge on any atom is -0.322 e. The molecule has 0 saturated carbocycles. The first kappa shape index (κ1) is 18.0. The molecule has 0 atom stereocenters. The van der Waals surface area contributed by atoms with Crippen molar-refractivity contribution in [2.45, 2.75) is 20.8 Å². The first-order valence-electron chi connectivity index (χ1n) is 7.69. The summed E-state index contributed by atoms with van der Waals surface area (Å²) in [5, 5.41) is 2.86. The van der Waals surface area contributed by atoms with E-state index >= 15 is 0 Å². The molecule has 1 N–H and O–H groups in total. The van der Waals surface area contributed by atoms with Gasteiger partial charge in [0.2, 0.25) is 10.0 Å². The lowest BCUT2D eigenvalue weighted by atomic mass is 10.1. The minimum atomic E-state index is -3.31. The largest absolute Gasteiger partial charge is 0.322 e. The third-order valence-corrected chi connectivity index (χ3v) is 5.53. The second-order valence-corrected chi connectivity index (χ2v) is 8.03. The van der Waals surface area contributed by atoms with Crippen molar-refractivity contribution in [3.8, 4) is 0 Å². The van der Waals surface area contributed by atoms with Crippen LogP contribution in [0, 0.1) is 13.8 Å². The topological polar surface area (TPSA) is 66.5 Å². The van der Waals surface area contributed by atoms with Crippen LogP contribution >= 0.6 is 0 Å². The fourth-order valence-electron chi connectivity index (χ4n) is 2.43. The van der Waals surface area contributed by atoms with Gasteiger partial charge in [0, 0.05) is 18.3 Å². The van der Waals surface area contributed by atoms with E-state index in [9.17, 15) is 13.2 Å². The molecule has 0 radical (unpaired) electrons. The predicted octanol–water partition coefficient (Wildman–Crippen LogP) is 3.34. The van der Waals surface area contributed by atoms with Gasteiger partial charge in [-0.2, -0.15) is 0 Å². The Morgan fingerprint density at radius 2 is 1.58 bits per heavy atom. The van der Waals surface area contributed by atoms with Crippen molar-refractivity contribution in [2.75, 3.05) is 22.4 Å². The highest BCUT2D eigenvalue weighted by Crippen LogP contribution is 2.19. The van der Waals surface area contributed by atoms with E-state index in [1.165, 1.54) is 11.4 Å². The molecule has 0 bridgehead atoms. The zero-order chi connectivity index (χ0) is 17.9. The van der Waals surface area contributed by atoms with Gasteiger partial charge in [-0.3, -0.25) is 9.10 Å². The number of hydrogen-bond acceptors (Lipinski definition) is 3. The van der Waals surface area contributed by atoms with Crippen molar-refractivity contribution in [2.24, 2.45) is 0 Å². The molecule has 0 aliphatic carbocycles. The molecule has 0 aliphatic rings. The zero-order valence-corrected chi connectivity index (χ0v) is 15.1. The standard InChI is InChI=1S/C18H22N2O3S/c1-5-24(22,23)20(4)17-8-6-15(7-9-17)18(21)19-16-11-13(2)10-14(3)12-16/h6-12H,5H2,1-4H3,(H,19,21). The van der Waals surface area contributed by atoms with Gasteiger partial charge in [-0.1, -0.05) is 6.07 Å². The fourth-order valence-corrected chi connectivity index (χ4v) is 3.26. The Morgan fingerprint density at radius 1 is 1.04 bits per heavy atom. The van der Waals surface area contributed by atoms with Gasteiger partial charge in [-0.25, -0.2) is 8.42 Å². The average Bonchev–Trinajstić information content (AvgIpc) is 2.53. The van der Waals surface area contributed by atoms with Crippen molar-refractivity contribution in [3.63, 3.8) is 0 Å². The van der Waals surface area contributed by atoms with Crippen LogP contribution in [-0.4, -0.2) is 27.1 Å². The van der Waals surface area contributed by atoms with Gasteiger partial charge in [-0.05, 0) is 68.3 Å². The van der Waals surface area contributed by atoms with E-state index in [1.807, 2.05) is 32.0 Å². The molecule has 0 aromatic heterocycles. The van der Waals surface area contributed by atoms with E-state index in [1.54, 1.807) is 31.2 Å². The molecule has 1 amide bonds. The smallest absolute Gasteiger partial charge is 0.255 e. The lowest BCUT2D eigenvalue weighted by Gasteiger charge is -2.18. The third-order valence-electron chi connectivity index (χ3n) is 3.75. The molecule has 2 aromatic rings. The van der Waals surface area contributed by atoms with E-state index in [2.05, 4.69) is 5.32 Å². The van der Waals surface area contributed by atoms with Gasteiger partial charge >= 0.3 is 0 Å². The zero-order valence-electron chi connectivity index (χ0n) is 14.3. The molecule has 0 saturated heterocycles. The third kappa shape index (κ3) is 4.14. The summed E-state index contributed by atoms with van der Waals surface area (Å²) in [6.45, 7) is 5.54. The number of carbonyl (C=O) groups excluding carboxylic acids is 1. The molecule has 5 nitrogen and oxygen atoms in total. The summed E-state index contributed by atoms with van der Waals surface area (Å²) in [5.41, 5.74) is 3.89. The highest BCUT2D eigenvalue weighted by molar-refractivity contribution is 7.92. The second kappa shape index (κ2) is 7.05. The van der Waals surface area contributed by atoms with Crippen LogP contribution in [0.2, 0.25) is 0 Å². The molecule has 2 rings (SSSR count). The summed E-state index contributed by atoms with van der Waals surface area (Å²) in [4.78, 5) is 12.3. The van der Waals surface area contributed by atoms with Crippen LogP contribution in [0.15, 0.2) is 42.5 Å². The number of rotatable bonds is 5. The Kier molecular flexibility index (Phi) is 5.29. The maximum Gasteiger partial charge on any atom is 0.255 e. The van der Waals surface area contributed by atoms with Crippen molar-refractivity contribution >= 4 is 27.3 Å². The number of anilines is 2. The molecule has 0 unspecified atom stereocenters. The predicted molar refractivity (Wildman–Crippen MR) is 98.2 cm³/mol. The molecule has 0 fully saturated rings. The summed E-state index contributed by atoms with van der Waals surface area (Å²) in [5.74, 6) is -0.203. The SMILES string of the molecule is CCS(=O)(=O)N(C)c1ccc(C(=O)Nc2cc(C)cc(C)c2)cc1. The van der Waals surface area contributed by atoms with E-state index in [4.69, 9.17) is 0 Å². The fraction of sp³-hybridized carbons (Fsp3) is 0.278. The number of aryl methyl sites for hydroxylation is 2. The molecular formula is C18H22N2O3S. The molecule has 0 heterocycles. The maximum atomic E-state index is 12.3. The van der Waals surface area contributed by atoms with Gasteiger partial charge in [0.05, 0.1) is 11.4 Å². The van der Waals surface area contributed by atoms with Crippen LogP contribution in [0.3, 0.4) is 0 Å². The first-order valence-corrected chi connectivity index (χ1v) is 9.30. The Bertz CT molecular complexity index is 823. The summed E-state index contributed by atoms with van der Waals surface area (Å²) in [6, 6.07) is 12.3. The molecule has 2 aromatic carbocycles. The maximum absolute atomic E-state index is 12.3. The summed E-state index contributed by atoms with van der Waals surface area (Å²) < 4.78 is 25.0. The van der Waals surface area contributed by atoms with Gasteiger partial charge in [0.25, 0.3) is 5.91 Å². The summed E-state index contributed by atoms with van der Waals surface area (Å²) in [6.07, 6.45) is 0. The number of sulfonamides is 1. The lowest BCUT2D eigenvalue weighted by molar-refractivity contribution is 0.102. The van der Waals surface area contributed by atoms with Crippen molar-refractivity contribution in [1.82, 2.24) is 0 Å². The summed E-state index contributed by atoms with van der Waals surface area (Å²) >= 11 is 0. The normalized spacial score (nSPS) is 11.2. The van der Waals surface area contributed by atoms with Crippen molar-refractivity contribution in [1.29, 1.82) is 0 Å². The van der Waals surface area contributed by atoms with Crippen LogP contribution < -0.4 is 9.62 Å². The molecule has 128 valence electrons. The molecule has 0 aliphatic heterocycles. The quantitative estimate of drug-likeness (QED) is 0.903. The van der Waals surface area contributed by atoms with Gasteiger partial charge in [0.1, 0.15) is 0 Å². The monoisotopic (exact) mass is 346 g/mol. The second-order valence-electron chi connectivity index (χ2n) is 5.75. The number of amides is 1. The van der Waals surface area contributed by atoms with Crippen LogP contribution in [0.5, 0.6) is 0 Å². The van der Waals surface area contributed by atoms with Crippen molar-refractivity contribution < 1.29 is 13.2 Å². The van der Waals surface area contributed by atoms with Gasteiger partial charge in [0.15, 0.2) is 0 Å². The van der Waals surface area contributed by atoms with Crippen molar-refractivity contribution in [3.05, 3.63) is 59.2 Å². The molecule has 24 heavy (non-hydrogen) atoms. The van der Waals surface area contributed by atoms with E-state index in [0.717, 1.165) is 16.8 Å². The molecular weight excluding hydrogens is 324 g/mol. The number of nitrogens with one attached hydrogen (secondary N) is 1. The molecule has 6 heteroatoms. The van der Waals surface area contributed by atoms with Crippen LogP contribution in [0.1, 0.15) is 28.4 Å². The Hall–Kier alpha value is -2.34. The van der Waals surface area contributed by atoms with E-state index < -0.39 is 10.0 Å². The van der Waals surface area contributed by atoms with E-state index in [0.29, 0.717) is 11.3 Å². The Morgan fingerprint density at radius 3 is 2.08 bits per heavy atom. The number of carbonyl (C=O) groups is 1. The number of hydrogen-bond donors (Lipinski definition) is 1. The van der Waals surface area contributed by atoms with Crippen LogP contribution in [-0.2, 0) is 10.0 Å². The summed E-state index contributed by atoms with van der Waals surface area (Å²) in [7, 11) is -1.81. The molecule has 0 spiro atoms. The van der Waals surface area contributed by atoms with Crippen LogP contribution in [0.4, 0.5) is 11.4 Å². The minimum absolute atomic E-state index is 0.0262.